The van der Waals surface area contributed by atoms with Crippen LogP contribution < -0.4 is 5.32 Å². The molecule has 5 rings (SSSR count). The highest BCUT2D eigenvalue weighted by Gasteiger charge is 2.10. The first-order valence-electron chi connectivity index (χ1n) is 8.62. The monoisotopic (exact) mass is 388 g/mol. The Morgan fingerprint density at radius 2 is 1.81 bits per heavy atom. The second-order valence-electron chi connectivity index (χ2n) is 6.14. The molecular formula is C21H16N4S2. The minimum Gasteiger partial charge on any atom is -0.338 e. The zero-order chi connectivity index (χ0) is 18.1. The first-order chi connectivity index (χ1) is 13.4. The maximum Gasteiger partial charge on any atom is 0.160 e. The molecule has 0 unspecified atom stereocenters. The number of anilines is 2. The first-order valence-corrected chi connectivity index (χ1v) is 10.5. The molecule has 4 nitrogen and oxygen atoms in total. The van der Waals surface area contributed by atoms with Crippen molar-refractivity contribution in [3.8, 4) is 0 Å². The number of thiophene rings is 1. The molecule has 0 bridgehead atoms. The van der Waals surface area contributed by atoms with Gasteiger partial charge in [0.15, 0.2) is 5.82 Å². The molecule has 2 aromatic carbocycles. The Bertz CT molecular complexity index is 1210. The zero-order valence-corrected chi connectivity index (χ0v) is 16.0. The van der Waals surface area contributed by atoms with Crippen LogP contribution in [0.25, 0.3) is 21.8 Å². The van der Waals surface area contributed by atoms with Gasteiger partial charge in [0.2, 0.25) is 0 Å². The summed E-state index contributed by atoms with van der Waals surface area (Å²) in [5, 5.41) is 16.3. The summed E-state index contributed by atoms with van der Waals surface area (Å²) in [7, 11) is 0. The Morgan fingerprint density at radius 1 is 0.963 bits per heavy atom. The number of nitrogens with zero attached hydrogens (tertiary/aromatic N) is 2. The van der Waals surface area contributed by atoms with Gasteiger partial charge in [0.05, 0.1) is 21.7 Å². The van der Waals surface area contributed by atoms with E-state index < -0.39 is 0 Å². The van der Waals surface area contributed by atoms with Crippen LogP contribution in [0.15, 0.2) is 77.1 Å². The maximum absolute atomic E-state index is 4.83. The van der Waals surface area contributed by atoms with Crippen LogP contribution in [0, 0.1) is 0 Å². The summed E-state index contributed by atoms with van der Waals surface area (Å²) in [5.41, 5.74) is 3.02. The van der Waals surface area contributed by atoms with Gasteiger partial charge in [0.1, 0.15) is 0 Å². The molecule has 132 valence electrons. The number of fused-ring (bicyclic) bond motifs is 2. The van der Waals surface area contributed by atoms with E-state index in [1.54, 1.807) is 23.1 Å². The standard InChI is InChI=1S/C21H16N4S2/c1-3-9-17-15(7-1)19(12-20(22-17)27-13-14-6-5-11-26-14)23-21-16-8-2-4-10-18(16)24-25-21/h1-12H,13H2,(H2,22,23,24,25). The number of rotatable bonds is 5. The van der Waals surface area contributed by atoms with E-state index in [9.17, 15) is 0 Å². The molecule has 3 heterocycles. The van der Waals surface area contributed by atoms with Crippen LogP contribution in [-0.2, 0) is 5.75 Å². The maximum atomic E-state index is 4.83. The highest BCUT2D eigenvalue weighted by molar-refractivity contribution is 7.98. The third kappa shape index (κ3) is 3.29. The number of hydrogen-bond donors (Lipinski definition) is 2. The van der Waals surface area contributed by atoms with Crippen LogP contribution in [0.5, 0.6) is 0 Å². The molecule has 0 aliphatic rings. The first kappa shape index (κ1) is 16.4. The summed E-state index contributed by atoms with van der Waals surface area (Å²) < 4.78 is 0. The van der Waals surface area contributed by atoms with Gasteiger partial charge in [-0.15, -0.1) is 23.1 Å². The lowest BCUT2D eigenvalue weighted by Gasteiger charge is -2.10. The van der Waals surface area contributed by atoms with Gasteiger partial charge in [-0.1, -0.05) is 36.4 Å². The number of hydrogen-bond acceptors (Lipinski definition) is 5. The van der Waals surface area contributed by atoms with Gasteiger partial charge >= 0.3 is 0 Å². The molecule has 0 amide bonds. The summed E-state index contributed by atoms with van der Waals surface area (Å²) in [4.78, 5) is 6.18. The number of nitrogens with one attached hydrogen (secondary N) is 2. The van der Waals surface area contributed by atoms with Crippen LogP contribution in [-0.4, -0.2) is 15.2 Å². The fourth-order valence-corrected chi connectivity index (χ4v) is 4.74. The van der Waals surface area contributed by atoms with Crippen LogP contribution in [0.4, 0.5) is 11.5 Å². The minimum absolute atomic E-state index is 0.830. The van der Waals surface area contributed by atoms with Gasteiger partial charge in [0.25, 0.3) is 0 Å². The quantitative estimate of drug-likeness (QED) is 0.352. The second-order valence-corrected chi connectivity index (χ2v) is 8.16. The molecule has 6 heteroatoms. The van der Waals surface area contributed by atoms with Crippen molar-refractivity contribution in [1.82, 2.24) is 15.2 Å². The van der Waals surface area contributed by atoms with Gasteiger partial charge < -0.3 is 5.32 Å². The van der Waals surface area contributed by atoms with Gasteiger partial charge in [-0.3, -0.25) is 5.10 Å². The number of pyridine rings is 1. The molecule has 27 heavy (non-hydrogen) atoms. The molecule has 0 saturated heterocycles. The summed E-state index contributed by atoms with van der Waals surface area (Å²) in [5.74, 6) is 1.75. The smallest absolute Gasteiger partial charge is 0.160 e. The number of aromatic amines is 1. The highest BCUT2D eigenvalue weighted by atomic mass is 32.2. The topological polar surface area (TPSA) is 53.6 Å². The number of aromatic nitrogens is 3. The number of H-pyrrole nitrogens is 1. The van der Waals surface area contributed by atoms with E-state index in [4.69, 9.17) is 4.98 Å². The molecule has 3 aromatic heterocycles. The fourth-order valence-electron chi connectivity index (χ4n) is 3.05. The van der Waals surface area contributed by atoms with Crippen molar-refractivity contribution in [2.24, 2.45) is 0 Å². The van der Waals surface area contributed by atoms with Crippen molar-refractivity contribution in [3.63, 3.8) is 0 Å². The average molecular weight is 389 g/mol. The number of benzene rings is 2. The van der Waals surface area contributed by atoms with E-state index in [1.807, 2.05) is 30.3 Å². The van der Waals surface area contributed by atoms with Crippen LogP contribution in [0.1, 0.15) is 4.88 Å². The normalized spacial score (nSPS) is 11.3. The lowest BCUT2D eigenvalue weighted by molar-refractivity contribution is 1.12. The highest BCUT2D eigenvalue weighted by Crippen LogP contribution is 2.33. The van der Waals surface area contributed by atoms with Gasteiger partial charge in [-0.25, -0.2) is 4.98 Å². The third-order valence-electron chi connectivity index (χ3n) is 4.36. The molecule has 0 atom stereocenters. The lowest BCUT2D eigenvalue weighted by atomic mass is 10.2. The van der Waals surface area contributed by atoms with E-state index in [-0.39, 0.29) is 0 Å². The predicted molar refractivity (Wildman–Crippen MR) is 115 cm³/mol. The Hall–Kier alpha value is -2.83. The fraction of sp³-hybridized carbons (Fsp3) is 0.0476. The average Bonchev–Trinajstić information content (AvgIpc) is 3.37. The van der Waals surface area contributed by atoms with E-state index in [0.29, 0.717) is 0 Å². The van der Waals surface area contributed by atoms with Crippen molar-refractivity contribution in [2.75, 3.05) is 5.32 Å². The van der Waals surface area contributed by atoms with E-state index >= 15 is 0 Å². The van der Waals surface area contributed by atoms with E-state index in [0.717, 1.165) is 44.1 Å². The van der Waals surface area contributed by atoms with Crippen molar-refractivity contribution in [2.45, 2.75) is 10.8 Å². The molecule has 0 radical (unpaired) electrons. The molecule has 0 aliphatic carbocycles. The van der Waals surface area contributed by atoms with Gasteiger partial charge in [0, 0.05) is 21.4 Å². The summed E-state index contributed by atoms with van der Waals surface area (Å²) >= 11 is 3.53. The minimum atomic E-state index is 0.830. The van der Waals surface area contributed by atoms with Crippen LogP contribution >= 0.6 is 23.1 Å². The molecular weight excluding hydrogens is 372 g/mol. The number of para-hydroxylation sites is 2. The summed E-state index contributed by atoms with van der Waals surface area (Å²) in [6.45, 7) is 0. The third-order valence-corrected chi connectivity index (χ3v) is 6.38. The number of thioether (sulfide) groups is 1. The van der Waals surface area contributed by atoms with Gasteiger partial charge in [-0.2, -0.15) is 5.10 Å². The van der Waals surface area contributed by atoms with Crippen LogP contribution in [0.3, 0.4) is 0 Å². The van der Waals surface area contributed by atoms with Crippen molar-refractivity contribution in [3.05, 3.63) is 77.0 Å². The Labute approximate surface area is 164 Å². The van der Waals surface area contributed by atoms with Gasteiger partial charge in [-0.05, 0) is 35.7 Å². The van der Waals surface area contributed by atoms with E-state index in [1.165, 1.54) is 4.88 Å². The molecule has 0 spiro atoms. The Morgan fingerprint density at radius 3 is 2.70 bits per heavy atom. The molecule has 0 saturated carbocycles. The Kier molecular flexibility index (Phi) is 4.27. The SMILES string of the molecule is c1csc(CSc2cc(Nc3n[nH]c4ccccc34)c3ccccc3n2)c1. The van der Waals surface area contributed by atoms with Crippen LogP contribution in [0.2, 0.25) is 0 Å². The molecule has 0 fully saturated rings. The van der Waals surface area contributed by atoms with Crippen molar-refractivity contribution >= 4 is 56.4 Å². The predicted octanol–water partition coefficient (Wildman–Crippen LogP) is 6.21. The molecule has 5 aromatic rings. The van der Waals surface area contributed by atoms with E-state index in [2.05, 4.69) is 57.3 Å². The van der Waals surface area contributed by atoms with Crippen molar-refractivity contribution < 1.29 is 0 Å². The van der Waals surface area contributed by atoms with Crippen molar-refractivity contribution in [1.29, 1.82) is 0 Å². The lowest BCUT2D eigenvalue weighted by Crippen LogP contribution is -1.95. The Balaban J connectivity index is 1.53. The second kappa shape index (κ2) is 7.06. The molecule has 2 N–H and O–H groups in total. The zero-order valence-electron chi connectivity index (χ0n) is 14.3. The summed E-state index contributed by atoms with van der Waals surface area (Å²) in [6.07, 6.45) is 0. The summed E-state index contributed by atoms with van der Waals surface area (Å²) in [6, 6.07) is 22.7. The molecule has 0 aliphatic heterocycles. The largest absolute Gasteiger partial charge is 0.338 e.